The molecule has 0 radical (unpaired) electrons. The van der Waals surface area contributed by atoms with Gasteiger partial charge in [0.05, 0.1) is 15.7 Å². The number of hydrogen-bond acceptors (Lipinski definition) is 8. The number of H-pyrrole nitrogens is 1. The van der Waals surface area contributed by atoms with Crippen molar-refractivity contribution < 1.29 is 14.3 Å². The van der Waals surface area contributed by atoms with E-state index in [1.807, 2.05) is 19.2 Å². The molecule has 0 saturated carbocycles. The summed E-state index contributed by atoms with van der Waals surface area (Å²) >= 11 is 12.4. The summed E-state index contributed by atoms with van der Waals surface area (Å²) in [5.41, 5.74) is 2.29. The van der Waals surface area contributed by atoms with E-state index in [-0.39, 0.29) is 38.8 Å². The molecule has 10 nitrogen and oxygen atoms in total. The van der Waals surface area contributed by atoms with E-state index in [9.17, 15) is 14.4 Å². The molecule has 1 heterocycles. The number of rotatable bonds is 6. The lowest BCUT2D eigenvalue weighted by Gasteiger charge is -2.12. The van der Waals surface area contributed by atoms with Gasteiger partial charge in [0.2, 0.25) is 17.5 Å². The van der Waals surface area contributed by atoms with Crippen LogP contribution in [0.2, 0.25) is 10.0 Å². The fourth-order valence-corrected chi connectivity index (χ4v) is 2.74. The number of carbonyl (C=O) groups is 2. The minimum atomic E-state index is -0.959. The second kappa shape index (κ2) is 9.87. The van der Waals surface area contributed by atoms with E-state index in [0.29, 0.717) is 5.56 Å². The average molecular weight is 451 g/mol. The van der Waals surface area contributed by atoms with Crippen molar-refractivity contribution in [3.63, 3.8) is 0 Å². The number of anilines is 1. The zero-order chi connectivity index (χ0) is 22.4. The van der Waals surface area contributed by atoms with Gasteiger partial charge in [-0.15, -0.1) is 5.10 Å². The standard InChI is InChI=1S/C18H16Cl2N6O4/c1-8(2)11-6-15(25-26-17(11)28)30-16-12(19)4-10(5-13(16)20)23-24-14(7-21)18(29)22-9(3)27/h4-6,8,23H,1-3H3,(H,26,28)(H,22,27,29)/b24-14+. The molecule has 156 valence electrons. The third kappa shape index (κ3) is 5.79. The van der Waals surface area contributed by atoms with Crippen LogP contribution >= 0.6 is 23.2 Å². The molecule has 0 unspecified atom stereocenters. The number of halogens is 2. The molecular formula is C18H16Cl2N6O4. The maximum Gasteiger partial charge on any atom is 0.289 e. The number of nitriles is 1. The number of imide groups is 1. The van der Waals surface area contributed by atoms with Gasteiger partial charge < -0.3 is 4.74 Å². The average Bonchev–Trinajstić information content (AvgIpc) is 2.65. The van der Waals surface area contributed by atoms with Gasteiger partial charge in [-0.05, 0) is 18.1 Å². The Bertz CT molecular complexity index is 1100. The van der Waals surface area contributed by atoms with E-state index in [1.165, 1.54) is 18.2 Å². The lowest BCUT2D eigenvalue weighted by molar-refractivity contribution is -0.125. The minimum absolute atomic E-state index is 0.0518. The highest BCUT2D eigenvalue weighted by Gasteiger charge is 2.15. The Morgan fingerprint density at radius 3 is 2.43 bits per heavy atom. The molecule has 0 aliphatic heterocycles. The predicted molar refractivity (Wildman–Crippen MR) is 111 cm³/mol. The highest BCUT2D eigenvalue weighted by Crippen LogP contribution is 2.38. The van der Waals surface area contributed by atoms with Gasteiger partial charge in [0, 0.05) is 18.6 Å². The molecular weight excluding hydrogens is 435 g/mol. The Kier molecular flexibility index (Phi) is 7.52. The molecule has 30 heavy (non-hydrogen) atoms. The molecule has 0 spiro atoms. The van der Waals surface area contributed by atoms with E-state index >= 15 is 0 Å². The number of aromatic nitrogens is 2. The molecule has 1 aromatic carbocycles. The van der Waals surface area contributed by atoms with E-state index < -0.39 is 17.5 Å². The monoisotopic (exact) mass is 450 g/mol. The van der Waals surface area contributed by atoms with Crippen LogP contribution in [0.25, 0.3) is 0 Å². The molecule has 2 aromatic rings. The van der Waals surface area contributed by atoms with Gasteiger partial charge in [-0.2, -0.15) is 10.4 Å². The topological polar surface area (TPSA) is 149 Å². The van der Waals surface area contributed by atoms with Crippen LogP contribution in [-0.2, 0) is 9.59 Å². The number of hydrogen-bond donors (Lipinski definition) is 3. The summed E-state index contributed by atoms with van der Waals surface area (Å²) in [6.07, 6.45) is 0. The van der Waals surface area contributed by atoms with Crippen LogP contribution in [0.1, 0.15) is 32.3 Å². The molecule has 12 heteroatoms. The zero-order valence-electron chi connectivity index (χ0n) is 16.0. The highest BCUT2D eigenvalue weighted by atomic mass is 35.5. The number of benzene rings is 1. The number of carbonyl (C=O) groups excluding carboxylic acids is 2. The molecule has 2 rings (SSSR count). The Morgan fingerprint density at radius 1 is 1.27 bits per heavy atom. The molecule has 3 N–H and O–H groups in total. The molecule has 0 atom stereocenters. The second-order valence-corrected chi connectivity index (χ2v) is 7.03. The van der Waals surface area contributed by atoms with E-state index in [0.717, 1.165) is 6.92 Å². The fraction of sp³-hybridized carbons (Fsp3) is 0.222. The van der Waals surface area contributed by atoms with Crippen LogP contribution in [0.15, 0.2) is 28.1 Å². The molecule has 0 saturated heterocycles. The van der Waals surface area contributed by atoms with Crippen molar-refractivity contribution >= 4 is 46.4 Å². The third-order valence-electron chi connectivity index (χ3n) is 3.54. The number of aromatic amines is 1. The van der Waals surface area contributed by atoms with Crippen molar-refractivity contribution in [2.45, 2.75) is 26.7 Å². The van der Waals surface area contributed by atoms with Gasteiger partial charge in [-0.1, -0.05) is 37.0 Å². The zero-order valence-corrected chi connectivity index (χ0v) is 17.6. The molecule has 2 amide bonds. The summed E-state index contributed by atoms with van der Waals surface area (Å²) in [5.74, 6) is -1.47. The second-order valence-electron chi connectivity index (χ2n) is 6.21. The van der Waals surface area contributed by atoms with Crippen LogP contribution < -0.4 is 21.0 Å². The van der Waals surface area contributed by atoms with Gasteiger partial charge in [0.1, 0.15) is 6.07 Å². The van der Waals surface area contributed by atoms with Crippen molar-refractivity contribution in [1.82, 2.24) is 15.5 Å². The Hall–Kier alpha value is -3.42. The third-order valence-corrected chi connectivity index (χ3v) is 4.10. The fourth-order valence-electron chi connectivity index (χ4n) is 2.17. The van der Waals surface area contributed by atoms with Gasteiger partial charge in [0.25, 0.3) is 11.5 Å². The van der Waals surface area contributed by atoms with Crippen LogP contribution in [0.3, 0.4) is 0 Å². The van der Waals surface area contributed by atoms with Crippen molar-refractivity contribution in [3.05, 3.63) is 44.2 Å². The minimum Gasteiger partial charge on any atom is -0.434 e. The van der Waals surface area contributed by atoms with Crippen molar-refractivity contribution in [1.29, 1.82) is 5.26 Å². The number of nitrogens with one attached hydrogen (secondary N) is 3. The van der Waals surface area contributed by atoms with Gasteiger partial charge >= 0.3 is 0 Å². The van der Waals surface area contributed by atoms with Crippen LogP contribution in [0.5, 0.6) is 11.6 Å². The molecule has 0 bridgehead atoms. The summed E-state index contributed by atoms with van der Waals surface area (Å²) in [6, 6.07) is 5.83. The Balaban J connectivity index is 2.26. The van der Waals surface area contributed by atoms with Crippen molar-refractivity contribution in [2.75, 3.05) is 5.43 Å². The number of nitrogens with zero attached hydrogens (tertiary/aromatic N) is 3. The first-order valence-electron chi connectivity index (χ1n) is 8.44. The summed E-state index contributed by atoms with van der Waals surface area (Å²) < 4.78 is 5.61. The van der Waals surface area contributed by atoms with Crippen molar-refractivity contribution in [2.24, 2.45) is 5.10 Å². The normalized spacial score (nSPS) is 11.0. The van der Waals surface area contributed by atoms with Gasteiger partial charge in [0.15, 0.2) is 5.75 Å². The Labute approximate surface area is 180 Å². The summed E-state index contributed by atoms with van der Waals surface area (Å²) in [5, 5.41) is 20.9. The summed E-state index contributed by atoms with van der Waals surface area (Å²) in [7, 11) is 0. The SMILES string of the molecule is CC(=O)NC(=O)/C(C#N)=N/Nc1cc(Cl)c(Oc2cc(C(C)C)c(=O)[nH]n2)c(Cl)c1. The maximum atomic E-state index is 11.8. The van der Waals surface area contributed by atoms with E-state index in [1.54, 1.807) is 6.07 Å². The molecule has 0 aliphatic carbocycles. The number of hydrazone groups is 1. The van der Waals surface area contributed by atoms with Crippen LogP contribution in [0.4, 0.5) is 5.69 Å². The lowest BCUT2D eigenvalue weighted by atomic mass is 10.1. The van der Waals surface area contributed by atoms with Crippen LogP contribution in [-0.4, -0.2) is 27.7 Å². The molecule has 1 aromatic heterocycles. The van der Waals surface area contributed by atoms with Crippen LogP contribution in [0, 0.1) is 11.3 Å². The molecule has 0 fully saturated rings. The smallest absolute Gasteiger partial charge is 0.289 e. The first-order chi connectivity index (χ1) is 14.1. The quantitative estimate of drug-likeness (QED) is 0.452. The maximum absolute atomic E-state index is 11.8. The van der Waals surface area contributed by atoms with E-state index in [4.69, 9.17) is 33.2 Å². The van der Waals surface area contributed by atoms with Crippen molar-refractivity contribution in [3.8, 4) is 17.7 Å². The van der Waals surface area contributed by atoms with Gasteiger partial charge in [-0.25, -0.2) is 5.10 Å². The first kappa shape index (κ1) is 22.9. The highest BCUT2D eigenvalue weighted by molar-refractivity contribution is 6.47. The first-order valence-corrected chi connectivity index (χ1v) is 9.20. The van der Waals surface area contributed by atoms with Gasteiger partial charge in [-0.3, -0.25) is 25.1 Å². The summed E-state index contributed by atoms with van der Waals surface area (Å²) in [6.45, 7) is 4.82. The molecule has 0 aliphatic rings. The summed E-state index contributed by atoms with van der Waals surface area (Å²) in [4.78, 5) is 34.4. The Morgan fingerprint density at radius 2 is 1.90 bits per heavy atom. The van der Waals surface area contributed by atoms with E-state index in [2.05, 4.69) is 20.7 Å². The number of ether oxygens (including phenoxy) is 1. The number of amides is 2. The lowest BCUT2D eigenvalue weighted by Crippen LogP contribution is -2.34. The predicted octanol–water partition coefficient (Wildman–Crippen LogP) is 2.95. The largest absolute Gasteiger partial charge is 0.434 e.